The molecular formula is C22H20ClF2N3O3S. The van der Waals surface area contributed by atoms with Gasteiger partial charge in [0.1, 0.15) is 11.6 Å². The fourth-order valence-electron chi connectivity index (χ4n) is 3.03. The SMILES string of the molecule is CN(CC(=O)NCCN1C(=O)S/C(=C\c2ccccc2Cl)C1=O)Cc1ccc(F)cc1F. The van der Waals surface area contributed by atoms with Gasteiger partial charge >= 0.3 is 0 Å². The number of likely N-dealkylation sites (N-methyl/N-ethyl adjacent to an activating group) is 1. The molecule has 0 bridgehead atoms. The molecule has 2 aromatic rings. The zero-order valence-electron chi connectivity index (χ0n) is 17.1. The van der Waals surface area contributed by atoms with Crippen molar-refractivity contribution in [2.75, 3.05) is 26.7 Å². The van der Waals surface area contributed by atoms with Gasteiger partial charge in [-0.25, -0.2) is 8.78 Å². The Balaban J connectivity index is 1.48. The highest BCUT2D eigenvalue weighted by Gasteiger charge is 2.34. The van der Waals surface area contributed by atoms with E-state index in [-0.39, 0.29) is 42.6 Å². The summed E-state index contributed by atoms with van der Waals surface area (Å²) >= 11 is 6.91. The molecule has 2 aromatic carbocycles. The zero-order valence-corrected chi connectivity index (χ0v) is 18.7. The molecule has 0 aromatic heterocycles. The van der Waals surface area contributed by atoms with Crippen LogP contribution in [0.15, 0.2) is 47.4 Å². The molecule has 1 N–H and O–H groups in total. The maximum absolute atomic E-state index is 13.7. The van der Waals surface area contributed by atoms with Gasteiger partial charge in [0.15, 0.2) is 0 Å². The van der Waals surface area contributed by atoms with E-state index >= 15 is 0 Å². The fourth-order valence-corrected chi connectivity index (χ4v) is 4.08. The molecule has 1 saturated heterocycles. The topological polar surface area (TPSA) is 69.7 Å². The molecule has 0 atom stereocenters. The van der Waals surface area contributed by atoms with Crippen LogP contribution in [-0.2, 0) is 16.1 Å². The standard InChI is InChI=1S/C22H20ClF2N3O3S/c1-27(12-15-6-7-16(24)11-18(15)25)13-20(29)26-8-9-28-21(30)19(32-22(28)31)10-14-4-2-3-5-17(14)23/h2-7,10-11H,8-9,12-13H2,1H3,(H,26,29)/b19-10-. The summed E-state index contributed by atoms with van der Waals surface area (Å²) in [7, 11) is 1.62. The summed E-state index contributed by atoms with van der Waals surface area (Å²) in [5.74, 6) is -2.14. The van der Waals surface area contributed by atoms with E-state index in [0.29, 0.717) is 10.6 Å². The van der Waals surface area contributed by atoms with Gasteiger partial charge in [0.2, 0.25) is 5.91 Å². The Morgan fingerprint density at radius 2 is 1.97 bits per heavy atom. The third-order valence-electron chi connectivity index (χ3n) is 4.59. The van der Waals surface area contributed by atoms with E-state index < -0.39 is 22.8 Å². The molecular weight excluding hydrogens is 460 g/mol. The van der Waals surface area contributed by atoms with Gasteiger partial charge in [0.25, 0.3) is 11.1 Å². The van der Waals surface area contributed by atoms with Crippen LogP contribution in [0, 0.1) is 11.6 Å². The number of amides is 3. The lowest BCUT2D eigenvalue weighted by atomic mass is 10.2. The van der Waals surface area contributed by atoms with Gasteiger partial charge in [-0.1, -0.05) is 35.9 Å². The number of rotatable bonds is 8. The van der Waals surface area contributed by atoms with Crippen molar-refractivity contribution in [3.05, 3.63) is 75.2 Å². The van der Waals surface area contributed by atoms with Crippen LogP contribution < -0.4 is 5.32 Å². The lowest BCUT2D eigenvalue weighted by molar-refractivity contribution is -0.124. The van der Waals surface area contributed by atoms with Crippen molar-refractivity contribution < 1.29 is 23.2 Å². The van der Waals surface area contributed by atoms with Gasteiger partial charge in [0.05, 0.1) is 11.4 Å². The van der Waals surface area contributed by atoms with Crippen LogP contribution in [0.4, 0.5) is 13.6 Å². The van der Waals surface area contributed by atoms with Crippen LogP contribution in [-0.4, -0.2) is 53.5 Å². The first-order chi connectivity index (χ1) is 15.2. The van der Waals surface area contributed by atoms with E-state index in [9.17, 15) is 23.2 Å². The summed E-state index contributed by atoms with van der Waals surface area (Å²) in [6.07, 6.45) is 1.56. The summed E-state index contributed by atoms with van der Waals surface area (Å²) < 4.78 is 26.7. The van der Waals surface area contributed by atoms with E-state index in [1.807, 2.05) is 0 Å². The second-order valence-corrected chi connectivity index (χ2v) is 8.51. The zero-order chi connectivity index (χ0) is 23.3. The Kier molecular flexibility index (Phi) is 8.00. The molecule has 0 saturated carbocycles. The first-order valence-electron chi connectivity index (χ1n) is 9.63. The van der Waals surface area contributed by atoms with Crippen LogP contribution in [0.2, 0.25) is 5.02 Å². The van der Waals surface area contributed by atoms with Crippen molar-refractivity contribution in [1.29, 1.82) is 0 Å². The Bertz CT molecular complexity index is 1080. The quantitative estimate of drug-likeness (QED) is 0.581. The monoisotopic (exact) mass is 479 g/mol. The number of halogens is 3. The van der Waals surface area contributed by atoms with Gasteiger partial charge in [-0.2, -0.15) is 0 Å². The molecule has 1 aliphatic heterocycles. The second kappa shape index (κ2) is 10.7. The summed E-state index contributed by atoms with van der Waals surface area (Å²) in [5.41, 5.74) is 0.901. The third kappa shape index (κ3) is 6.15. The minimum Gasteiger partial charge on any atom is -0.353 e. The Hall–Kier alpha value is -2.75. The predicted molar refractivity (Wildman–Crippen MR) is 120 cm³/mol. The lowest BCUT2D eigenvalue weighted by Crippen LogP contribution is -2.40. The highest BCUT2D eigenvalue weighted by Crippen LogP contribution is 2.33. The third-order valence-corrected chi connectivity index (χ3v) is 5.84. The first kappa shape index (κ1) is 23.9. The van der Waals surface area contributed by atoms with E-state index in [1.165, 1.54) is 6.07 Å². The van der Waals surface area contributed by atoms with Crippen LogP contribution in [0.5, 0.6) is 0 Å². The van der Waals surface area contributed by atoms with Gasteiger partial charge < -0.3 is 5.32 Å². The predicted octanol–water partition coefficient (Wildman–Crippen LogP) is 3.90. The molecule has 3 amide bonds. The number of hydrogen-bond acceptors (Lipinski definition) is 5. The molecule has 1 aliphatic rings. The average molecular weight is 480 g/mol. The fraction of sp³-hybridized carbons (Fsp3) is 0.227. The van der Waals surface area contributed by atoms with Crippen molar-refractivity contribution in [3.63, 3.8) is 0 Å². The van der Waals surface area contributed by atoms with Crippen LogP contribution >= 0.6 is 23.4 Å². The second-order valence-electron chi connectivity index (χ2n) is 7.11. The number of nitrogens with one attached hydrogen (secondary N) is 1. The van der Waals surface area contributed by atoms with Crippen molar-refractivity contribution in [2.45, 2.75) is 6.54 Å². The molecule has 0 spiro atoms. The normalized spacial score (nSPS) is 15.2. The number of carbonyl (C=O) groups is 3. The van der Waals surface area contributed by atoms with Crippen molar-refractivity contribution in [2.24, 2.45) is 0 Å². The van der Waals surface area contributed by atoms with Crippen LogP contribution in [0.3, 0.4) is 0 Å². The van der Waals surface area contributed by atoms with Crippen molar-refractivity contribution in [1.82, 2.24) is 15.1 Å². The van der Waals surface area contributed by atoms with Gasteiger partial charge in [-0.05, 0) is 42.6 Å². The number of benzene rings is 2. The molecule has 1 heterocycles. The number of nitrogens with zero attached hydrogens (tertiary/aromatic N) is 2. The number of carbonyl (C=O) groups excluding carboxylic acids is 3. The highest BCUT2D eigenvalue weighted by atomic mass is 35.5. The highest BCUT2D eigenvalue weighted by molar-refractivity contribution is 8.18. The summed E-state index contributed by atoms with van der Waals surface area (Å²) in [6, 6.07) is 10.2. The number of thioether (sulfide) groups is 1. The minimum atomic E-state index is -0.679. The summed E-state index contributed by atoms with van der Waals surface area (Å²) in [4.78, 5) is 39.8. The van der Waals surface area contributed by atoms with Crippen LogP contribution in [0.1, 0.15) is 11.1 Å². The molecule has 6 nitrogen and oxygen atoms in total. The molecule has 0 aliphatic carbocycles. The Labute approximate surface area is 193 Å². The molecule has 10 heteroatoms. The van der Waals surface area contributed by atoms with E-state index in [1.54, 1.807) is 42.3 Å². The molecule has 0 radical (unpaired) electrons. The van der Waals surface area contributed by atoms with Crippen molar-refractivity contribution in [3.8, 4) is 0 Å². The smallest absolute Gasteiger partial charge is 0.293 e. The average Bonchev–Trinajstić information content (AvgIpc) is 2.99. The molecule has 168 valence electrons. The van der Waals surface area contributed by atoms with Gasteiger partial charge in [-0.15, -0.1) is 0 Å². The van der Waals surface area contributed by atoms with Gasteiger partial charge in [0, 0.05) is 36.3 Å². The molecule has 1 fully saturated rings. The largest absolute Gasteiger partial charge is 0.353 e. The summed E-state index contributed by atoms with van der Waals surface area (Å²) in [6.45, 7) is 0.183. The number of imide groups is 1. The molecule has 0 unspecified atom stereocenters. The van der Waals surface area contributed by atoms with Crippen LogP contribution in [0.25, 0.3) is 6.08 Å². The van der Waals surface area contributed by atoms with Crippen molar-refractivity contribution >= 4 is 46.5 Å². The minimum absolute atomic E-state index is 0.0204. The Morgan fingerprint density at radius 3 is 2.69 bits per heavy atom. The van der Waals surface area contributed by atoms with Gasteiger partial charge in [-0.3, -0.25) is 24.2 Å². The lowest BCUT2D eigenvalue weighted by Gasteiger charge is -2.18. The Morgan fingerprint density at radius 1 is 1.22 bits per heavy atom. The van der Waals surface area contributed by atoms with E-state index in [2.05, 4.69) is 5.32 Å². The molecule has 3 rings (SSSR count). The number of hydrogen-bond donors (Lipinski definition) is 1. The van der Waals surface area contributed by atoms with E-state index in [4.69, 9.17) is 11.6 Å². The van der Waals surface area contributed by atoms with E-state index in [0.717, 1.165) is 28.8 Å². The maximum Gasteiger partial charge on any atom is 0.293 e. The maximum atomic E-state index is 13.7. The summed E-state index contributed by atoms with van der Waals surface area (Å²) in [5, 5.41) is 2.68. The first-order valence-corrected chi connectivity index (χ1v) is 10.8. The molecule has 32 heavy (non-hydrogen) atoms.